The lowest BCUT2D eigenvalue weighted by Gasteiger charge is -1.85. The normalized spacial score (nSPS) is 7.16. The predicted octanol–water partition coefficient (Wildman–Crippen LogP) is 4.11. The van der Waals surface area contributed by atoms with Gasteiger partial charge in [-0.3, -0.25) is 4.79 Å². The van der Waals surface area contributed by atoms with E-state index in [9.17, 15) is 4.79 Å². The molecule has 0 aliphatic rings. The average Bonchev–Trinajstić information content (AvgIpc) is 2.42. The number of esters is 1. The molecule has 3 nitrogen and oxygen atoms in total. The Labute approximate surface area is 115 Å². The highest BCUT2D eigenvalue weighted by atomic mass is 16.5. The first-order chi connectivity index (χ1) is 9.12. The highest BCUT2D eigenvalue weighted by Gasteiger charge is 1.79. The minimum Gasteiger partial charge on any atom is -0.435 e. The van der Waals surface area contributed by atoms with Crippen LogP contribution >= 0.6 is 0 Å². The summed E-state index contributed by atoms with van der Waals surface area (Å²) in [6, 6.07) is 11.9. The van der Waals surface area contributed by atoms with Crippen LogP contribution in [0.4, 0.5) is 0 Å². The van der Waals surface area contributed by atoms with E-state index in [0.29, 0.717) is 6.42 Å². The van der Waals surface area contributed by atoms with Crippen molar-refractivity contribution in [2.45, 2.75) is 13.3 Å². The Balaban J connectivity index is 0. The summed E-state index contributed by atoms with van der Waals surface area (Å²) in [6.45, 7) is 11.4. The van der Waals surface area contributed by atoms with Crippen LogP contribution in [0, 0.1) is 11.3 Å². The Bertz CT molecular complexity index is 416. The molecule has 0 saturated heterocycles. The number of rotatable bonds is 3. The maximum absolute atomic E-state index is 9.75. The molecule has 0 heterocycles. The van der Waals surface area contributed by atoms with E-state index in [-0.39, 0.29) is 5.97 Å². The summed E-state index contributed by atoms with van der Waals surface area (Å²) in [7, 11) is 0. The second kappa shape index (κ2) is 15.4. The summed E-state index contributed by atoms with van der Waals surface area (Å²) >= 11 is 0. The fourth-order valence-corrected chi connectivity index (χ4v) is 0.771. The van der Waals surface area contributed by atoms with Gasteiger partial charge in [-0.25, -0.2) is 0 Å². The van der Waals surface area contributed by atoms with Crippen molar-refractivity contribution in [2.24, 2.45) is 0 Å². The van der Waals surface area contributed by atoms with Crippen molar-refractivity contribution >= 4 is 12.0 Å². The van der Waals surface area contributed by atoms with Gasteiger partial charge < -0.3 is 4.74 Å². The molecule has 0 bridgehead atoms. The van der Waals surface area contributed by atoms with Gasteiger partial charge in [-0.2, -0.15) is 5.26 Å². The third-order valence-corrected chi connectivity index (χ3v) is 1.52. The molecule has 1 rings (SSSR count). The fourth-order valence-electron chi connectivity index (χ4n) is 0.771. The van der Waals surface area contributed by atoms with Crippen LogP contribution in [-0.4, -0.2) is 5.97 Å². The first kappa shape index (κ1) is 18.8. The van der Waals surface area contributed by atoms with Crippen LogP contribution in [-0.2, 0) is 9.53 Å². The van der Waals surface area contributed by atoms with Crippen LogP contribution in [0.5, 0.6) is 0 Å². The van der Waals surface area contributed by atoms with E-state index in [1.165, 1.54) is 12.5 Å². The van der Waals surface area contributed by atoms with Crippen molar-refractivity contribution in [3.8, 4) is 6.07 Å². The second-order valence-electron chi connectivity index (χ2n) is 3.04. The lowest BCUT2D eigenvalue weighted by atomic mass is 10.2. The zero-order valence-electron chi connectivity index (χ0n) is 11.2. The van der Waals surface area contributed by atoms with Crippen LogP contribution in [0.15, 0.2) is 62.4 Å². The fraction of sp³-hybridized carbons (Fsp3) is 0.125. The van der Waals surface area contributed by atoms with Crippen molar-refractivity contribution in [1.82, 2.24) is 0 Å². The number of ether oxygens (including phenoxy) is 1. The molecular formula is C16H19NO2. The maximum Gasteiger partial charge on any atom is 0.307 e. The summed E-state index contributed by atoms with van der Waals surface area (Å²) < 4.78 is 4.17. The summed E-state index contributed by atoms with van der Waals surface area (Å²) in [5.41, 5.74) is 1.17. The predicted molar refractivity (Wildman–Crippen MR) is 78.9 cm³/mol. The quantitative estimate of drug-likeness (QED) is 0.465. The van der Waals surface area contributed by atoms with Gasteiger partial charge in [0.2, 0.25) is 0 Å². The van der Waals surface area contributed by atoms with Gasteiger partial charge in [0, 0.05) is 6.92 Å². The number of hydrogen-bond donors (Lipinski definition) is 0. The van der Waals surface area contributed by atoms with Gasteiger partial charge >= 0.3 is 5.97 Å². The molecule has 0 aliphatic carbocycles. The first-order valence-corrected chi connectivity index (χ1v) is 5.55. The zero-order chi connectivity index (χ0) is 14.9. The topological polar surface area (TPSA) is 50.1 Å². The van der Waals surface area contributed by atoms with E-state index < -0.39 is 0 Å². The Morgan fingerprint density at radius 1 is 1.32 bits per heavy atom. The van der Waals surface area contributed by atoms with Gasteiger partial charge in [-0.05, 0) is 5.56 Å². The van der Waals surface area contributed by atoms with Crippen LogP contribution < -0.4 is 0 Å². The van der Waals surface area contributed by atoms with E-state index in [2.05, 4.69) is 24.5 Å². The maximum atomic E-state index is 9.75. The molecule has 0 aliphatic heterocycles. The molecule has 0 atom stereocenters. The Kier molecular flexibility index (Phi) is 15.2. The summed E-state index contributed by atoms with van der Waals surface area (Å²) in [6.07, 6.45) is 4.96. The SMILES string of the molecule is C=CCC#N.C=COC(C)=O.C=Cc1ccccc1. The molecule has 19 heavy (non-hydrogen) atoms. The minimum atomic E-state index is -0.329. The largest absolute Gasteiger partial charge is 0.435 e. The second-order valence-corrected chi connectivity index (χ2v) is 3.04. The number of hydrogen-bond acceptors (Lipinski definition) is 3. The summed E-state index contributed by atoms with van der Waals surface area (Å²) in [5.74, 6) is -0.329. The van der Waals surface area contributed by atoms with Gasteiger partial charge in [0.05, 0.1) is 18.8 Å². The highest BCUT2D eigenvalue weighted by molar-refractivity contribution is 5.66. The lowest BCUT2D eigenvalue weighted by Crippen LogP contribution is -1.87. The van der Waals surface area contributed by atoms with Crippen LogP contribution in [0.1, 0.15) is 18.9 Å². The number of nitrogens with zero attached hydrogens (tertiary/aromatic N) is 1. The molecule has 1 aromatic carbocycles. The standard InChI is InChI=1S/C8H8.C4H5N.C4H6O2/c1-2-8-6-4-3-5-7-8;1-2-3-4-5;1-3-6-4(2)5/h2-7H,1H2;2H,1,3H2;3H,1H2,2H3. The van der Waals surface area contributed by atoms with Gasteiger partial charge in [0.1, 0.15) is 0 Å². The lowest BCUT2D eigenvalue weighted by molar-refractivity contribution is -0.135. The van der Waals surface area contributed by atoms with Crippen LogP contribution in [0.2, 0.25) is 0 Å². The van der Waals surface area contributed by atoms with Crippen molar-refractivity contribution in [1.29, 1.82) is 5.26 Å². The molecule has 0 spiro atoms. The molecule has 0 saturated carbocycles. The summed E-state index contributed by atoms with van der Waals surface area (Å²) in [5, 5.41) is 7.74. The minimum absolute atomic E-state index is 0.329. The van der Waals surface area contributed by atoms with E-state index >= 15 is 0 Å². The Hall–Kier alpha value is -2.60. The molecule has 0 fully saturated rings. The van der Waals surface area contributed by atoms with Gasteiger partial charge in [0.15, 0.2) is 0 Å². The molecular weight excluding hydrogens is 238 g/mol. The van der Waals surface area contributed by atoms with Crippen LogP contribution in [0.25, 0.3) is 6.08 Å². The molecule has 0 aromatic heterocycles. The van der Waals surface area contributed by atoms with E-state index in [0.717, 1.165) is 6.26 Å². The average molecular weight is 257 g/mol. The van der Waals surface area contributed by atoms with E-state index in [1.807, 2.05) is 42.5 Å². The molecule has 0 unspecified atom stereocenters. The zero-order valence-corrected chi connectivity index (χ0v) is 11.2. The van der Waals surface area contributed by atoms with Gasteiger partial charge in [-0.1, -0.05) is 55.6 Å². The molecule has 0 N–H and O–H groups in total. The number of nitriles is 1. The number of carbonyl (C=O) groups excluding carboxylic acids is 1. The van der Waals surface area contributed by atoms with Gasteiger partial charge in [0.25, 0.3) is 0 Å². The molecule has 0 amide bonds. The van der Waals surface area contributed by atoms with Gasteiger partial charge in [-0.15, -0.1) is 6.58 Å². The number of carbonyl (C=O) groups is 1. The Morgan fingerprint density at radius 3 is 2.05 bits per heavy atom. The van der Waals surface area contributed by atoms with Crippen molar-refractivity contribution < 1.29 is 9.53 Å². The van der Waals surface area contributed by atoms with Crippen molar-refractivity contribution in [3.05, 3.63) is 68.0 Å². The van der Waals surface area contributed by atoms with Crippen molar-refractivity contribution in [2.75, 3.05) is 0 Å². The molecule has 3 heteroatoms. The van der Waals surface area contributed by atoms with E-state index in [1.54, 1.807) is 6.08 Å². The van der Waals surface area contributed by atoms with Crippen LogP contribution in [0.3, 0.4) is 0 Å². The monoisotopic (exact) mass is 257 g/mol. The van der Waals surface area contributed by atoms with Crippen molar-refractivity contribution in [3.63, 3.8) is 0 Å². The Morgan fingerprint density at radius 2 is 1.89 bits per heavy atom. The van der Waals surface area contributed by atoms with E-state index in [4.69, 9.17) is 5.26 Å². The molecule has 100 valence electrons. The summed E-state index contributed by atoms with van der Waals surface area (Å²) in [4.78, 5) is 9.75. The highest BCUT2D eigenvalue weighted by Crippen LogP contribution is 1.97. The third-order valence-electron chi connectivity index (χ3n) is 1.52. The molecule has 1 aromatic rings. The number of benzene rings is 1. The molecule has 0 radical (unpaired) electrons. The first-order valence-electron chi connectivity index (χ1n) is 5.55. The smallest absolute Gasteiger partial charge is 0.307 e. The third kappa shape index (κ3) is 18.0. The number of allylic oxidation sites excluding steroid dienone is 1.